The van der Waals surface area contributed by atoms with E-state index in [1.807, 2.05) is 0 Å². The molecule has 0 unspecified atom stereocenters. The fraction of sp³-hybridized carbons (Fsp3) is 0.300. The van der Waals surface area contributed by atoms with Gasteiger partial charge in [0.1, 0.15) is 6.61 Å². The van der Waals surface area contributed by atoms with Crippen LogP contribution in [0.2, 0.25) is 0 Å². The van der Waals surface area contributed by atoms with E-state index in [2.05, 4.69) is 0 Å². The summed E-state index contributed by atoms with van der Waals surface area (Å²) in [6, 6.07) is 6.05. The van der Waals surface area contributed by atoms with E-state index in [-0.39, 0.29) is 17.1 Å². The normalized spacial score (nSPS) is 11.3. The smallest absolute Gasteiger partial charge is 0.175 e. The molecule has 0 aliphatic carbocycles. The first kappa shape index (κ1) is 11.9. The minimum atomic E-state index is -3.19. The van der Waals surface area contributed by atoms with Gasteiger partial charge in [0.15, 0.2) is 15.6 Å². The molecular formula is C10H12O4S. The number of carbonyl (C=O) groups is 1. The summed E-state index contributed by atoms with van der Waals surface area (Å²) in [7, 11) is -3.19. The second-order valence-electron chi connectivity index (χ2n) is 3.29. The molecule has 0 saturated heterocycles. The molecule has 4 nitrogen and oxygen atoms in total. The second-order valence-corrected chi connectivity index (χ2v) is 5.31. The van der Waals surface area contributed by atoms with Crippen molar-refractivity contribution in [1.29, 1.82) is 0 Å². The topological polar surface area (TPSA) is 71.4 Å². The first-order chi connectivity index (χ1) is 6.93. The molecular weight excluding hydrogens is 216 g/mol. The second kappa shape index (κ2) is 4.55. The highest BCUT2D eigenvalue weighted by Gasteiger charge is 2.07. The highest BCUT2D eigenvalue weighted by Crippen LogP contribution is 2.10. The highest BCUT2D eigenvalue weighted by atomic mass is 32.2. The number of hydrogen-bond acceptors (Lipinski definition) is 4. The lowest BCUT2D eigenvalue weighted by molar-refractivity contribution is -0.121. The van der Waals surface area contributed by atoms with Crippen LogP contribution < -0.4 is 0 Å². The maximum atomic E-state index is 11.1. The zero-order valence-corrected chi connectivity index (χ0v) is 9.12. The van der Waals surface area contributed by atoms with Crippen molar-refractivity contribution in [2.24, 2.45) is 0 Å². The van der Waals surface area contributed by atoms with Gasteiger partial charge in [-0.15, -0.1) is 0 Å². The van der Waals surface area contributed by atoms with Gasteiger partial charge >= 0.3 is 0 Å². The Balaban J connectivity index is 2.86. The standard InChI is InChI=1S/C10H12O4S/c1-15(13,14)10-4-2-8(3-5-10)6-9(12)7-11/h2-5,11H,6-7H2,1H3. The predicted molar refractivity (Wildman–Crippen MR) is 55.3 cm³/mol. The molecule has 0 radical (unpaired) electrons. The van der Waals surface area contributed by atoms with E-state index in [1.165, 1.54) is 12.1 Å². The van der Waals surface area contributed by atoms with Gasteiger partial charge in [0.05, 0.1) is 4.90 Å². The molecule has 0 aliphatic heterocycles. The van der Waals surface area contributed by atoms with E-state index in [4.69, 9.17) is 5.11 Å². The van der Waals surface area contributed by atoms with E-state index in [0.717, 1.165) is 6.26 Å². The molecule has 1 aromatic carbocycles. The summed E-state index contributed by atoms with van der Waals surface area (Å²) < 4.78 is 22.2. The summed E-state index contributed by atoms with van der Waals surface area (Å²) in [5, 5.41) is 8.53. The number of sulfone groups is 1. The van der Waals surface area contributed by atoms with Gasteiger partial charge in [0, 0.05) is 12.7 Å². The Hall–Kier alpha value is -1.20. The largest absolute Gasteiger partial charge is 0.389 e. The molecule has 0 atom stereocenters. The SMILES string of the molecule is CS(=O)(=O)c1ccc(CC(=O)CO)cc1. The van der Waals surface area contributed by atoms with E-state index >= 15 is 0 Å². The fourth-order valence-electron chi connectivity index (χ4n) is 1.14. The number of hydrogen-bond donors (Lipinski definition) is 1. The van der Waals surface area contributed by atoms with E-state index < -0.39 is 16.4 Å². The highest BCUT2D eigenvalue weighted by molar-refractivity contribution is 7.90. The quantitative estimate of drug-likeness (QED) is 0.798. The van der Waals surface area contributed by atoms with Gasteiger partial charge in [-0.05, 0) is 17.7 Å². The number of rotatable bonds is 4. The summed E-state index contributed by atoms with van der Waals surface area (Å²) in [4.78, 5) is 11.1. The molecule has 1 rings (SSSR count). The van der Waals surface area contributed by atoms with Gasteiger partial charge in [-0.25, -0.2) is 8.42 Å². The molecule has 0 amide bonds. The summed E-state index contributed by atoms with van der Waals surface area (Å²) in [6.07, 6.45) is 1.25. The van der Waals surface area contributed by atoms with E-state index in [9.17, 15) is 13.2 Å². The van der Waals surface area contributed by atoms with Crippen molar-refractivity contribution in [3.63, 3.8) is 0 Å². The Labute approximate surface area is 88.5 Å². The molecule has 0 saturated carbocycles. The lowest BCUT2D eigenvalue weighted by atomic mass is 10.1. The lowest BCUT2D eigenvalue weighted by Crippen LogP contribution is -2.07. The third kappa shape index (κ3) is 3.45. The first-order valence-electron chi connectivity index (χ1n) is 4.35. The molecule has 1 N–H and O–H groups in total. The number of aliphatic hydroxyl groups is 1. The van der Waals surface area contributed by atoms with Crippen molar-refractivity contribution >= 4 is 15.6 Å². The van der Waals surface area contributed by atoms with Crippen LogP contribution in [0.3, 0.4) is 0 Å². The van der Waals surface area contributed by atoms with Crippen molar-refractivity contribution in [3.8, 4) is 0 Å². The Bertz CT molecular complexity index is 445. The molecule has 0 aromatic heterocycles. The average Bonchev–Trinajstić information content (AvgIpc) is 2.17. The monoisotopic (exact) mass is 228 g/mol. The Morgan fingerprint density at radius 3 is 2.20 bits per heavy atom. The molecule has 0 aliphatic rings. The molecule has 0 fully saturated rings. The summed E-state index contributed by atoms with van der Waals surface area (Å²) in [5.41, 5.74) is 0.696. The maximum absolute atomic E-state index is 11.1. The van der Waals surface area contributed by atoms with Gasteiger partial charge in [-0.2, -0.15) is 0 Å². The van der Waals surface area contributed by atoms with Crippen LogP contribution >= 0.6 is 0 Å². The third-order valence-corrected chi connectivity index (χ3v) is 3.06. The van der Waals surface area contributed by atoms with Crippen LogP contribution in [0.25, 0.3) is 0 Å². The van der Waals surface area contributed by atoms with Gasteiger partial charge in [0.25, 0.3) is 0 Å². The van der Waals surface area contributed by atoms with Crippen molar-refractivity contribution in [3.05, 3.63) is 29.8 Å². The summed E-state index contributed by atoms with van der Waals surface area (Å²) in [5.74, 6) is -0.290. The van der Waals surface area contributed by atoms with E-state index in [1.54, 1.807) is 12.1 Å². The van der Waals surface area contributed by atoms with Crippen LogP contribution in [0.5, 0.6) is 0 Å². The summed E-state index contributed by atoms with van der Waals surface area (Å²) >= 11 is 0. The van der Waals surface area contributed by atoms with Crippen LogP contribution in [0, 0.1) is 0 Å². The zero-order chi connectivity index (χ0) is 11.5. The van der Waals surface area contributed by atoms with Crippen LogP contribution in [-0.4, -0.2) is 32.2 Å². The molecule has 0 spiro atoms. The fourth-order valence-corrected chi connectivity index (χ4v) is 1.77. The first-order valence-corrected chi connectivity index (χ1v) is 6.24. The number of Topliss-reactive ketones (excluding diaryl/α,β-unsaturated/α-hetero) is 1. The van der Waals surface area contributed by atoms with Crippen molar-refractivity contribution in [2.75, 3.05) is 12.9 Å². The molecule has 82 valence electrons. The predicted octanol–water partition coefficient (Wildman–Crippen LogP) is 0.194. The minimum Gasteiger partial charge on any atom is -0.389 e. The van der Waals surface area contributed by atoms with Gasteiger partial charge in [0.2, 0.25) is 0 Å². The van der Waals surface area contributed by atoms with Crippen molar-refractivity contribution < 1.29 is 18.3 Å². The van der Waals surface area contributed by atoms with Gasteiger partial charge in [-0.1, -0.05) is 12.1 Å². The molecule has 15 heavy (non-hydrogen) atoms. The number of ketones is 1. The Kier molecular flexibility index (Phi) is 3.60. The maximum Gasteiger partial charge on any atom is 0.175 e. The molecule has 5 heteroatoms. The average molecular weight is 228 g/mol. The minimum absolute atomic E-state index is 0.126. The van der Waals surface area contributed by atoms with Gasteiger partial charge in [-0.3, -0.25) is 4.79 Å². The molecule has 0 bridgehead atoms. The number of benzene rings is 1. The van der Waals surface area contributed by atoms with Crippen LogP contribution in [-0.2, 0) is 21.1 Å². The third-order valence-electron chi connectivity index (χ3n) is 1.93. The van der Waals surface area contributed by atoms with Gasteiger partial charge < -0.3 is 5.11 Å². The van der Waals surface area contributed by atoms with Crippen molar-refractivity contribution in [1.82, 2.24) is 0 Å². The lowest BCUT2D eigenvalue weighted by Gasteiger charge is -2.01. The molecule has 0 heterocycles. The zero-order valence-electron chi connectivity index (χ0n) is 8.30. The summed E-state index contributed by atoms with van der Waals surface area (Å²) in [6.45, 7) is -0.492. The van der Waals surface area contributed by atoms with E-state index in [0.29, 0.717) is 5.56 Å². The van der Waals surface area contributed by atoms with Crippen LogP contribution in [0.4, 0.5) is 0 Å². The van der Waals surface area contributed by atoms with Crippen LogP contribution in [0.15, 0.2) is 29.2 Å². The number of aliphatic hydroxyl groups excluding tert-OH is 1. The Morgan fingerprint density at radius 1 is 1.27 bits per heavy atom. The van der Waals surface area contributed by atoms with Crippen molar-refractivity contribution in [2.45, 2.75) is 11.3 Å². The van der Waals surface area contributed by atoms with Crippen LogP contribution in [0.1, 0.15) is 5.56 Å². The molecule has 1 aromatic rings. The number of carbonyl (C=O) groups excluding carboxylic acids is 1. The Morgan fingerprint density at radius 2 is 1.80 bits per heavy atom.